The predicted molar refractivity (Wildman–Crippen MR) is 80.2 cm³/mol. The van der Waals surface area contributed by atoms with Crippen LogP contribution in [0.5, 0.6) is 0 Å². The Hall–Kier alpha value is -2.14. The van der Waals surface area contributed by atoms with E-state index < -0.39 is 0 Å². The monoisotopic (exact) mass is 269 g/mol. The zero-order valence-corrected chi connectivity index (χ0v) is 11.8. The first-order chi connectivity index (χ1) is 9.74. The summed E-state index contributed by atoms with van der Waals surface area (Å²) in [5.74, 6) is 0.974. The van der Waals surface area contributed by atoms with Gasteiger partial charge in [-0.2, -0.15) is 5.10 Å². The predicted octanol–water partition coefficient (Wildman–Crippen LogP) is 2.60. The van der Waals surface area contributed by atoms with E-state index in [2.05, 4.69) is 39.9 Å². The summed E-state index contributed by atoms with van der Waals surface area (Å²) in [7, 11) is 0. The molecule has 2 aromatic heterocycles. The van der Waals surface area contributed by atoms with Gasteiger partial charge in [-0.05, 0) is 31.0 Å². The molecule has 5 nitrogen and oxygen atoms in total. The molecule has 0 radical (unpaired) electrons. The van der Waals surface area contributed by atoms with Crippen molar-refractivity contribution in [1.29, 1.82) is 0 Å². The summed E-state index contributed by atoms with van der Waals surface area (Å²) < 4.78 is 2.26. The molecule has 20 heavy (non-hydrogen) atoms. The van der Waals surface area contributed by atoms with Crippen molar-refractivity contribution in [1.82, 2.24) is 19.7 Å². The van der Waals surface area contributed by atoms with Gasteiger partial charge in [0.1, 0.15) is 5.82 Å². The van der Waals surface area contributed by atoms with Crippen molar-refractivity contribution >= 4 is 11.0 Å². The summed E-state index contributed by atoms with van der Waals surface area (Å²) in [6.07, 6.45) is 2.90. The third-order valence-corrected chi connectivity index (χ3v) is 3.57. The van der Waals surface area contributed by atoms with Crippen LogP contribution in [0, 0.1) is 6.92 Å². The van der Waals surface area contributed by atoms with Crippen LogP contribution in [0.2, 0.25) is 0 Å². The van der Waals surface area contributed by atoms with E-state index in [4.69, 9.17) is 10.7 Å². The topological polar surface area (TPSA) is 72.5 Å². The number of aromatic amines is 1. The van der Waals surface area contributed by atoms with Crippen LogP contribution >= 0.6 is 0 Å². The minimum Gasteiger partial charge on any atom is -0.326 e. The normalized spacial score (nSPS) is 11.3. The third kappa shape index (κ3) is 2.00. The molecular weight excluding hydrogens is 250 g/mol. The third-order valence-electron chi connectivity index (χ3n) is 3.57. The van der Waals surface area contributed by atoms with E-state index >= 15 is 0 Å². The molecule has 5 heteroatoms. The van der Waals surface area contributed by atoms with Gasteiger partial charge in [0.15, 0.2) is 0 Å². The maximum atomic E-state index is 5.71. The molecule has 0 aliphatic rings. The van der Waals surface area contributed by atoms with Crippen LogP contribution in [0.3, 0.4) is 0 Å². The van der Waals surface area contributed by atoms with Crippen LogP contribution in [-0.2, 0) is 13.1 Å². The largest absolute Gasteiger partial charge is 0.326 e. The van der Waals surface area contributed by atoms with E-state index in [1.54, 1.807) is 0 Å². The highest BCUT2D eigenvalue weighted by Gasteiger charge is 2.15. The molecule has 0 fully saturated rings. The fraction of sp³-hybridized carbons (Fsp3) is 0.333. The molecule has 0 amide bonds. The van der Waals surface area contributed by atoms with Crippen LogP contribution in [0.4, 0.5) is 0 Å². The summed E-state index contributed by atoms with van der Waals surface area (Å²) >= 11 is 0. The summed E-state index contributed by atoms with van der Waals surface area (Å²) in [5, 5.41) is 7.08. The van der Waals surface area contributed by atoms with Gasteiger partial charge in [-0.15, -0.1) is 0 Å². The summed E-state index contributed by atoms with van der Waals surface area (Å²) in [6.45, 7) is 5.67. The SMILES string of the molecule is CCCn1c(-c2cn[nH]c2C)nc2cc(CN)ccc21. The molecule has 0 saturated heterocycles. The smallest absolute Gasteiger partial charge is 0.144 e. The van der Waals surface area contributed by atoms with Gasteiger partial charge < -0.3 is 10.3 Å². The fourth-order valence-electron chi connectivity index (χ4n) is 2.53. The number of nitrogens with one attached hydrogen (secondary N) is 1. The highest BCUT2D eigenvalue weighted by Crippen LogP contribution is 2.27. The van der Waals surface area contributed by atoms with Crippen molar-refractivity contribution < 1.29 is 0 Å². The Kier molecular flexibility index (Phi) is 3.28. The Morgan fingerprint density at radius 1 is 1.35 bits per heavy atom. The van der Waals surface area contributed by atoms with Crippen molar-refractivity contribution in [3.8, 4) is 11.4 Å². The lowest BCUT2D eigenvalue weighted by molar-refractivity contribution is 0.704. The van der Waals surface area contributed by atoms with E-state index in [1.165, 1.54) is 0 Å². The Morgan fingerprint density at radius 2 is 2.20 bits per heavy atom. The number of imidazole rings is 1. The van der Waals surface area contributed by atoms with E-state index in [1.807, 2.05) is 13.1 Å². The van der Waals surface area contributed by atoms with Crippen LogP contribution < -0.4 is 5.73 Å². The lowest BCUT2D eigenvalue weighted by Crippen LogP contribution is -2.00. The van der Waals surface area contributed by atoms with Crippen molar-refractivity contribution in [3.63, 3.8) is 0 Å². The van der Waals surface area contributed by atoms with Gasteiger partial charge >= 0.3 is 0 Å². The molecule has 0 bridgehead atoms. The van der Waals surface area contributed by atoms with Crippen molar-refractivity contribution in [2.75, 3.05) is 0 Å². The molecule has 2 heterocycles. The van der Waals surface area contributed by atoms with Crippen molar-refractivity contribution in [3.05, 3.63) is 35.7 Å². The molecule has 0 aliphatic heterocycles. The van der Waals surface area contributed by atoms with Gasteiger partial charge in [0.25, 0.3) is 0 Å². The molecule has 0 aliphatic carbocycles. The average Bonchev–Trinajstić information content (AvgIpc) is 3.02. The van der Waals surface area contributed by atoms with Gasteiger partial charge in [-0.1, -0.05) is 13.0 Å². The molecule has 104 valence electrons. The highest BCUT2D eigenvalue weighted by molar-refractivity contribution is 5.81. The number of fused-ring (bicyclic) bond motifs is 1. The maximum absolute atomic E-state index is 5.71. The molecule has 0 saturated carbocycles. The van der Waals surface area contributed by atoms with Gasteiger partial charge in [0, 0.05) is 18.8 Å². The van der Waals surface area contributed by atoms with E-state index in [0.29, 0.717) is 6.54 Å². The second-order valence-electron chi connectivity index (χ2n) is 5.02. The number of aromatic nitrogens is 4. The zero-order chi connectivity index (χ0) is 14.1. The Bertz CT molecular complexity index is 738. The Balaban J connectivity index is 2.25. The molecule has 3 rings (SSSR count). The summed E-state index contributed by atoms with van der Waals surface area (Å²) in [4.78, 5) is 4.79. The number of hydrogen-bond acceptors (Lipinski definition) is 3. The molecule has 0 atom stereocenters. The second kappa shape index (κ2) is 5.09. The summed E-state index contributed by atoms with van der Waals surface area (Å²) in [5.41, 5.74) is 11.1. The van der Waals surface area contributed by atoms with E-state index in [-0.39, 0.29) is 0 Å². The number of aryl methyl sites for hydroxylation is 2. The van der Waals surface area contributed by atoms with Crippen LogP contribution in [0.15, 0.2) is 24.4 Å². The lowest BCUT2D eigenvalue weighted by Gasteiger charge is -2.07. The van der Waals surface area contributed by atoms with Gasteiger partial charge in [-0.3, -0.25) is 5.10 Å². The first kappa shape index (κ1) is 12.9. The molecule has 3 N–H and O–H groups in total. The van der Waals surface area contributed by atoms with Crippen LogP contribution in [0.25, 0.3) is 22.4 Å². The number of benzene rings is 1. The average molecular weight is 269 g/mol. The summed E-state index contributed by atoms with van der Waals surface area (Å²) in [6, 6.07) is 6.25. The Morgan fingerprint density at radius 3 is 2.85 bits per heavy atom. The zero-order valence-electron chi connectivity index (χ0n) is 11.8. The fourth-order valence-corrected chi connectivity index (χ4v) is 2.53. The first-order valence-corrected chi connectivity index (χ1v) is 6.94. The highest BCUT2D eigenvalue weighted by atomic mass is 15.1. The van der Waals surface area contributed by atoms with Crippen LogP contribution in [-0.4, -0.2) is 19.7 Å². The van der Waals surface area contributed by atoms with Gasteiger partial charge in [0.2, 0.25) is 0 Å². The minimum atomic E-state index is 0.538. The number of nitrogens with zero attached hydrogens (tertiary/aromatic N) is 3. The van der Waals surface area contributed by atoms with Gasteiger partial charge in [-0.25, -0.2) is 4.98 Å². The molecular formula is C15H19N5. The molecule has 0 unspecified atom stereocenters. The first-order valence-electron chi connectivity index (χ1n) is 6.94. The number of rotatable bonds is 4. The standard InChI is InChI=1S/C15H19N5/c1-3-6-20-14-5-4-11(8-16)7-13(14)18-15(20)12-9-17-19-10(12)2/h4-5,7,9H,3,6,8,16H2,1-2H3,(H,17,19). The molecule has 0 spiro atoms. The molecule has 3 aromatic rings. The van der Waals surface area contributed by atoms with Crippen molar-refractivity contribution in [2.45, 2.75) is 33.4 Å². The number of hydrogen-bond donors (Lipinski definition) is 2. The van der Waals surface area contributed by atoms with Crippen LogP contribution in [0.1, 0.15) is 24.6 Å². The number of nitrogens with two attached hydrogens (primary N) is 1. The van der Waals surface area contributed by atoms with E-state index in [0.717, 1.165) is 46.6 Å². The second-order valence-corrected chi connectivity index (χ2v) is 5.02. The minimum absolute atomic E-state index is 0.538. The lowest BCUT2D eigenvalue weighted by atomic mass is 10.2. The van der Waals surface area contributed by atoms with E-state index in [9.17, 15) is 0 Å². The maximum Gasteiger partial charge on any atom is 0.144 e. The van der Waals surface area contributed by atoms with Gasteiger partial charge in [0.05, 0.1) is 22.8 Å². The molecule has 1 aromatic carbocycles. The number of H-pyrrole nitrogens is 1. The quantitative estimate of drug-likeness (QED) is 0.764. The van der Waals surface area contributed by atoms with Crippen molar-refractivity contribution in [2.24, 2.45) is 5.73 Å². The Labute approximate surface area is 117 Å².